The van der Waals surface area contributed by atoms with Crippen molar-refractivity contribution < 1.29 is 13.2 Å². The first-order valence-electron chi connectivity index (χ1n) is 6.43. The maximum Gasteiger partial charge on any atom is 0.261 e. The fourth-order valence-corrected chi connectivity index (χ4v) is 4.05. The normalized spacial score (nSPS) is 20.1. The van der Waals surface area contributed by atoms with Crippen molar-refractivity contribution in [3.8, 4) is 0 Å². The van der Waals surface area contributed by atoms with E-state index in [1.54, 1.807) is 6.07 Å². The molecule has 1 aromatic rings. The molecule has 0 unspecified atom stereocenters. The van der Waals surface area contributed by atoms with E-state index in [0.717, 1.165) is 0 Å². The van der Waals surface area contributed by atoms with Crippen LogP contribution in [0.4, 0.5) is 0 Å². The molecule has 116 valence electrons. The molecule has 7 heteroatoms. The van der Waals surface area contributed by atoms with Gasteiger partial charge in [-0.2, -0.15) is 0 Å². The minimum Gasteiger partial charge on any atom is -0.348 e. The Hall–Kier alpha value is -0.590. The number of carbonyl (C=O) groups is 1. The number of nitrogens with one attached hydrogen (secondary N) is 1. The standard InChI is InChI=1S/C14H17BrClNO3S/c1-13(2)12(14(13,3)4)17-11(18)8-5-9(15)7-10(6-8)21(16,19)20/h5-7,12H,1-4H3,(H,17,18). The molecule has 0 saturated heterocycles. The Morgan fingerprint density at radius 2 is 1.71 bits per heavy atom. The van der Waals surface area contributed by atoms with E-state index in [0.29, 0.717) is 4.47 Å². The van der Waals surface area contributed by atoms with Gasteiger partial charge < -0.3 is 5.32 Å². The molecule has 1 N–H and O–H groups in total. The molecule has 1 aromatic carbocycles. The summed E-state index contributed by atoms with van der Waals surface area (Å²) in [6.45, 7) is 8.36. The van der Waals surface area contributed by atoms with Crippen LogP contribution in [0.3, 0.4) is 0 Å². The van der Waals surface area contributed by atoms with Gasteiger partial charge in [0.1, 0.15) is 0 Å². The van der Waals surface area contributed by atoms with E-state index < -0.39 is 9.05 Å². The van der Waals surface area contributed by atoms with E-state index in [1.807, 2.05) is 0 Å². The lowest BCUT2D eigenvalue weighted by Gasteiger charge is -2.08. The van der Waals surface area contributed by atoms with Gasteiger partial charge in [0.05, 0.1) is 4.90 Å². The average molecular weight is 395 g/mol. The summed E-state index contributed by atoms with van der Waals surface area (Å²) >= 11 is 3.20. The molecule has 1 amide bonds. The van der Waals surface area contributed by atoms with E-state index in [2.05, 4.69) is 48.9 Å². The summed E-state index contributed by atoms with van der Waals surface area (Å²) in [7, 11) is 1.46. The number of halogens is 2. The van der Waals surface area contributed by atoms with Crippen LogP contribution in [0, 0.1) is 10.8 Å². The third-order valence-corrected chi connectivity index (χ3v) is 6.50. The summed E-state index contributed by atoms with van der Waals surface area (Å²) in [6.07, 6.45) is 0. The second-order valence-corrected chi connectivity index (χ2v) is 9.94. The SMILES string of the molecule is CC1(C)C(NC(=O)c2cc(Br)cc(S(=O)(=O)Cl)c2)C1(C)C. The molecule has 0 heterocycles. The molecule has 1 aliphatic carbocycles. The van der Waals surface area contributed by atoms with Gasteiger partial charge in [0, 0.05) is 26.8 Å². The Balaban J connectivity index is 2.28. The van der Waals surface area contributed by atoms with Gasteiger partial charge in [-0.05, 0) is 29.0 Å². The Bertz CT molecular complexity index is 699. The van der Waals surface area contributed by atoms with Crippen LogP contribution in [0.2, 0.25) is 0 Å². The van der Waals surface area contributed by atoms with Crippen molar-refractivity contribution in [3.05, 3.63) is 28.2 Å². The molecule has 1 aliphatic rings. The van der Waals surface area contributed by atoms with E-state index in [9.17, 15) is 13.2 Å². The third kappa shape index (κ3) is 2.98. The molecule has 0 atom stereocenters. The zero-order valence-corrected chi connectivity index (χ0v) is 15.4. The van der Waals surface area contributed by atoms with Crippen molar-refractivity contribution in [2.75, 3.05) is 0 Å². The van der Waals surface area contributed by atoms with Crippen LogP contribution in [0.1, 0.15) is 38.1 Å². The van der Waals surface area contributed by atoms with Crippen molar-refractivity contribution in [1.29, 1.82) is 0 Å². The molecular weight excluding hydrogens is 378 g/mol. The zero-order valence-electron chi connectivity index (χ0n) is 12.2. The molecule has 0 radical (unpaired) electrons. The minimum absolute atomic E-state index is 0.00998. The summed E-state index contributed by atoms with van der Waals surface area (Å²) in [5.74, 6) is -0.304. The molecular formula is C14H17BrClNO3S. The molecule has 21 heavy (non-hydrogen) atoms. The molecule has 0 aliphatic heterocycles. The van der Waals surface area contributed by atoms with Crippen molar-refractivity contribution in [3.63, 3.8) is 0 Å². The van der Waals surface area contributed by atoms with E-state index in [1.165, 1.54) is 12.1 Å². The molecule has 4 nitrogen and oxygen atoms in total. The Kier molecular flexibility index (Phi) is 3.96. The molecule has 1 fully saturated rings. The van der Waals surface area contributed by atoms with Crippen molar-refractivity contribution in [1.82, 2.24) is 5.32 Å². The highest BCUT2D eigenvalue weighted by Crippen LogP contribution is 2.62. The van der Waals surface area contributed by atoms with Crippen LogP contribution >= 0.6 is 26.6 Å². The maximum absolute atomic E-state index is 12.3. The van der Waals surface area contributed by atoms with Crippen LogP contribution in [0.5, 0.6) is 0 Å². The fraction of sp³-hybridized carbons (Fsp3) is 0.500. The number of hydrogen-bond acceptors (Lipinski definition) is 3. The van der Waals surface area contributed by atoms with Gasteiger partial charge in [0.15, 0.2) is 0 Å². The van der Waals surface area contributed by atoms with Crippen molar-refractivity contribution >= 4 is 41.6 Å². The van der Waals surface area contributed by atoms with Crippen LogP contribution in [0.25, 0.3) is 0 Å². The van der Waals surface area contributed by atoms with Crippen molar-refractivity contribution in [2.24, 2.45) is 10.8 Å². The smallest absolute Gasteiger partial charge is 0.261 e. The van der Waals surface area contributed by atoms with Crippen molar-refractivity contribution in [2.45, 2.75) is 38.6 Å². The highest BCUT2D eigenvalue weighted by atomic mass is 79.9. The first-order chi connectivity index (χ1) is 9.37. The second-order valence-electron chi connectivity index (χ2n) is 6.46. The lowest BCUT2D eigenvalue weighted by atomic mass is 10.0. The molecule has 0 aromatic heterocycles. The van der Waals surface area contributed by atoms with Gasteiger partial charge in [-0.15, -0.1) is 0 Å². The van der Waals surface area contributed by atoms with Gasteiger partial charge in [0.25, 0.3) is 15.0 Å². The highest BCUT2D eigenvalue weighted by molar-refractivity contribution is 9.10. The molecule has 1 saturated carbocycles. The lowest BCUT2D eigenvalue weighted by molar-refractivity contribution is 0.0943. The fourth-order valence-electron chi connectivity index (χ4n) is 2.61. The number of rotatable bonds is 3. The highest BCUT2D eigenvalue weighted by Gasteiger charge is 2.65. The maximum atomic E-state index is 12.3. The van der Waals surface area contributed by atoms with Crippen LogP contribution in [-0.2, 0) is 9.05 Å². The van der Waals surface area contributed by atoms with Gasteiger partial charge in [-0.3, -0.25) is 4.79 Å². The molecule has 2 rings (SSSR count). The largest absolute Gasteiger partial charge is 0.348 e. The Morgan fingerprint density at radius 3 is 2.14 bits per heavy atom. The number of amides is 1. The Morgan fingerprint density at radius 1 is 1.19 bits per heavy atom. The van der Waals surface area contributed by atoms with Gasteiger partial charge in [0.2, 0.25) is 0 Å². The van der Waals surface area contributed by atoms with E-state index in [4.69, 9.17) is 10.7 Å². The third-order valence-electron chi connectivity index (χ3n) is 4.71. The minimum atomic E-state index is -3.88. The Labute approximate surface area is 137 Å². The summed E-state index contributed by atoms with van der Waals surface area (Å²) in [4.78, 5) is 12.2. The van der Waals surface area contributed by atoms with E-state index >= 15 is 0 Å². The first kappa shape index (κ1) is 16.8. The van der Waals surface area contributed by atoms with E-state index in [-0.39, 0.29) is 33.2 Å². The number of carbonyl (C=O) groups excluding carboxylic acids is 1. The average Bonchev–Trinajstić information content (AvgIpc) is 2.69. The predicted molar refractivity (Wildman–Crippen MR) is 86.0 cm³/mol. The summed E-state index contributed by atoms with van der Waals surface area (Å²) in [5, 5.41) is 2.96. The predicted octanol–water partition coefficient (Wildman–Crippen LogP) is 3.54. The summed E-state index contributed by atoms with van der Waals surface area (Å²) in [5.41, 5.74) is 0.286. The first-order valence-corrected chi connectivity index (χ1v) is 9.54. The lowest BCUT2D eigenvalue weighted by Crippen LogP contribution is -2.29. The van der Waals surface area contributed by atoms with Gasteiger partial charge in [-0.1, -0.05) is 43.6 Å². The monoisotopic (exact) mass is 393 g/mol. The zero-order chi connectivity index (χ0) is 16.2. The summed E-state index contributed by atoms with van der Waals surface area (Å²) < 4.78 is 23.3. The quantitative estimate of drug-likeness (QED) is 0.798. The van der Waals surface area contributed by atoms with Gasteiger partial charge >= 0.3 is 0 Å². The van der Waals surface area contributed by atoms with Crippen LogP contribution < -0.4 is 5.32 Å². The number of benzene rings is 1. The van der Waals surface area contributed by atoms with Crippen LogP contribution in [0.15, 0.2) is 27.6 Å². The second kappa shape index (κ2) is 4.96. The molecule has 0 bridgehead atoms. The topological polar surface area (TPSA) is 63.2 Å². The van der Waals surface area contributed by atoms with Gasteiger partial charge in [-0.25, -0.2) is 8.42 Å². The summed E-state index contributed by atoms with van der Waals surface area (Å²) in [6, 6.07) is 4.27. The molecule has 0 spiro atoms. The number of hydrogen-bond donors (Lipinski definition) is 1. The van der Waals surface area contributed by atoms with Crippen LogP contribution in [-0.4, -0.2) is 20.4 Å².